The molecule has 0 bridgehead atoms. The van der Waals surface area contributed by atoms with Gasteiger partial charge < -0.3 is 5.11 Å². The first-order valence-corrected chi connectivity index (χ1v) is 6.82. The third-order valence-corrected chi connectivity index (χ3v) is 3.53. The number of halogens is 1. The normalized spacial score (nSPS) is 14.4. The second-order valence-electron chi connectivity index (χ2n) is 5.05. The molecule has 0 saturated carbocycles. The molecule has 0 aliphatic carbocycles. The topological polar surface area (TPSA) is 38.0 Å². The van der Waals surface area contributed by atoms with Gasteiger partial charge in [0.15, 0.2) is 0 Å². The van der Waals surface area contributed by atoms with Gasteiger partial charge in [-0.05, 0) is 44.5 Å². The third kappa shape index (κ3) is 3.17. The number of rotatable bonds is 4. The largest absolute Gasteiger partial charge is 0.385 e. The third-order valence-electron chi connectivity index (χ3n) is 3.28. The molecule has 1 unspecified atom stereocenters. The summed E-state index contributed by atoms with van der Waals surface area (Å²) in [5, 5.41) is 15.8. The van der Waals surface area contributed by atoms with Gasteiger partial charge in [0.2, 0.25) is 0 Å². The van der Waals surface area contributed by atoms with Crippen LogP contribution in [-0.4, -0.2) is 14.9 Å². The molecule has 0 amide bonds. The summed E-state index contributed by atoms with van der Waals surface area (Å²) in [6.45, 7) is 6.64. The van der Waals surface area contributed by atoms with Crippen LogP contribution in [0.2, 0.25) is 5.02 Å². The van der Waals surface area contributed by atoms with Gasteiger partial charge in [-0.2, -0.15) is 5.10 Å². The molecular formula is C15H19ClN2O. The Kier molecular flexibility index (Phi) is 3.97. The van der Waals surface area contributed by atoms with E-state index in [9.17, 15) is 5.11 Å². The number of nitrogens with zero attached hydrogens (tertiary/aromatic N) is 2. The fourth-order valence-corrected chi connectivity index (χ4v) is 2.40. The van der Waals surface area contributed by atoms with Gasteiger partial charge in [-0.1, -0.05) is 23.7 Å². The van der Waals surface area contributed by atoms with Crippen molar-refractivity contribution in [3.8, 4) is 0 Å². The fourth-order valence-electron chi connectivity index (χ4n) is 2.28. The van der Waals surface area contributed by atoms with Gasteiger partial charge in [0.1, 0.15) is 0 Å². The molecule has 0 aliphatic rings. The predicted octanol–water partition coefficient (Wildman–Crippen LogP) is 3.32. The van der Waals surface area contributed by atoms with Crippen LogP contribution in [0.3, 0.4) is 0 Å². The zero-order valence-electron chi connectivity index (χ0n) is 11.5. The van der Waals surface area contributed by atoms with Crippen molar-refractivity contribution in [1.82, 2.24) is 9.78 Å². The van der Waals surface area contributed by atoms with Crippen LogP contribution in [0.15, 0.2) is 30.3 Å². The molecule has 0 radical (unpaired) electrons. The number of hydrogen-bond acceptors (Lipinski definition) is 2. The minimum absolute atomic E-state index is 0.531. The van der Waals surface area contributed by atoms with Crippen LogP contribution in [0.25, 0.3) is 0 Å². The van der Waals surface area contributed by atoms with E-state index in [1.54, 1.807) is 12.1 Å². The van der Waals surface area contributed by atoms with E-state index in [2.05, 4.69) is 5.10 Å². The summed E-state index contributed by atoms with van der Waals surface area (Å²) in [6.07, 6.45) is 0.531. The zero-order valence-corrected chi connectivity index (χ0v) is 12.3. The van der Waals surface area contributed by atoms with Crippen LogP contribution in [0, 0.1) is 6.92 Å². The highest BCUT2D eigenvalue weighted by molar-refractivity contribution is 6.30. The average molecular weight is 279 g/mol. The molecule has 3 nitrogen and oxygen atoms in total. The van der Waals surface area contributed by atoms with Crippen LogP contribution < -0.4 is 0 Å². The van der Waals surface area contributed by atoms with E-state index < -0.39 is 5.60 Å². The van der Waals surface area contributed by atoms with Crippen molar-refractivity contribution in [1.29, 1.82) is 0 Å². The van der Waals surface area contributed by atoms with Crippen molar-refractivity contribution in [3.63, 3.8) is 0 Å². The molecule has 4 heteroatoms. The molecule has 2 aromatic rings. The monoisotopic (exact) mass is 278 g/mol. The Morgan fingerprint density at radius 3 is 2.53 bits per heavy atom. The van der Waals surface area contributed by atoms with Crippen LogP contribution in [0.5, 0.6) is 0 Å². The van der Waals surface area contributed by atoms with E-state index in [-0.39, 0.29) is 0 Å². The summed E-state index contributed by atoms with van der Waals surface area (Å²) in [5.41, 5.74) is 1.95. The van der Waals surface area contributed by atoms with Gasteiger partial charge in [0, 0.05) is 23.7 Å². The number of benzene rings is 1. The quantitative estimate of drug-likeness (QED) is 0.932. The Bertz CT molecular complexity index is 558. The fraction of sp³-hybridized carbons (Fsp3) is 0.400. The summed E-state index contributed by atoms with van der Waals surface area (Å²) >= 11 is 5.88. The Balaban J connectivity index is 2.27. The van der Waals surface area contributed by atoms with Crippen molar-refractivity contribution in [2.45, 2.75) is 39.3 Å². The molecular weight excluding hydrogens is 260 g/mol. The summed E-state index contributed by atoms with van der Waals surface area (Å²) in [6, 6.07) is 9.35. The van der Waals surface area contributed by atoms with E-state index in [0.29, 0.717) is 11.4 Å². The zero-order chi connectivity index (χ0) is 14.0. The summed E-state index contributed by atoms with van der Waals surface area (Å²) in [7, 11) is 0. The van der Waals surface area contributed by atoms with Gasteiger partial charge in [-0.25, -0.2) is 0 Å². The van der Waals surface area contributed by atoms with Crippen molar-refractivity contribution in [2.75, 3.05) is 0 Å². The van der Waals surface area contributed by atoms with Crippen molar-refractivity contribution in [2.24, 2.45) is 0 Å². The molecule has 1 heterocycles. The van der Waals surface area contributed by atoms with Gasteiger partial charge >= 0.3 is 0 Å². The van der Waals surface area contributed by atoms with Gasteiger partial charge in [-0.3, -0.25) is 4.68 Å². The Hall–Kier alpha value is -1.32. The van der Waals surface area contributed by atoms with Gasteiger partial charge in [0.25, 0.3) is 0 Å². The minimum Gasteiger partial charge on any atom is -0.385 e. The number of hydrogen-bond donors (Lipinski definition) is 1. The highest BCUT2D eigenvalue weighted by atomic mass is 35.5. The Morgan fingerprint density at radius 1 is 1.32 bits per heavy atom. The average Bonchev–Trinajstić information content (AvgIpc) is 2.69. The summed E-state index contributed by atoms with van der Waals surface area (Å²) in [4.78, 5) is 0. The molecule has 0 aliphatic heterocycles. The Morgan fingerprint density at radius 2 is 1.95 bits per heavy atom. The van der Waals surface area contributed by atoms with E-state index in [0.717, 1.165) is 23.5 Å². The lowest BCUT2D eigenvalue weighted by atomic mass is 9.91. The SMILES string of the molecule is CCn1nc(C)cc1CC(C)(O)c1ccc(Cl)cc1. The molecule has 0 spiro atoms. The molecule has 1 aromatic heterocycles. The minimum atomic E-state index is -0.927. The Labute approximate surface area is 118 Å². The van der Waals surface area contributed by atoms with Crippen LogP contribution >= 0.6 is 11.6 Å². The first kappa shape index (κ1) is 14.1. The second-order valence-corrected chi connectivity index (χ2v) is 5.49. The second kappa shape index (κ2) is 5.35. The van der Waals surface area contributed by atoms with E-state index in [1.165, 1.54) is 0 Å². The first-order chi connectivity index (χ1) is 8.92. The maximum atomic E-state index is 10.7. The number of aryl methyl sites for hydroxylation is 2. The lowest BCUT2D eigenvalue weighted by molar-refractivity contribution is 0.0554. The highest BCUT2D eigenvalue weighted by Crippen LogP contribution is 2.26. The lowest BCUT2D eigenvalue weighted by Crippen LogP contribution is -2.25. The molecule has 102 valence electrons. The van der Waals surface area contributed by atoms with Gasteiger partial charge in [-0.15, -0.1) is 0 Å². The first-order valence-electron chi connectivity index (χ1n) is 6.44. The van der Waals surface area contributed by atoms with E-state index in [4.69, 9.17) is 11.6 Å². The molecule has 1 atom stereocenters. The summed E-state index contributed by atoms with van der Waals surface area (Å²) < 4.78 is 1.93. The molecule has 0 fully saturated rings. The van der Waals surface area contributed by atoms with Crippen LogP contribution in [0.4, 0.5) is 0 Å². The van der Waals surface area contributed by atoms with Crippen LogP contribution in [0.1, 0.15) is 30.8 Å². The standard InChI is InChI=1S/C15H19ClN2O/c1-4-18-14(9-11(2)17-18)10-15(3,19)12-5-7-13(16)8-6-12/h5-9,19H,4,10H2,1-3H3. The molecule has 19 heavy (non-hydrogen) atoms. The molecule has 0 saturated heterocycles. The number of aromatic nitrogens is 2. The maximum absolute atomic E-state index is 10.7. The van der Waals surface area contributed by atoms with E-state index >= 15 is 0 Å². The molecule has 1 N–H and O–H groups in total. The van der Waals surface area contributed by atoms with Crippen molar-refractivity contribution >= 4 is 11.6 Å². The molecule has 2 rings (SSSR count). The smallest absolute Gasteiger partial charge is 0.0923 e. The predicted molar refractivity (Wildman–Crippen MR) is 77.4 cm³/mol. The van der Waals surface area contributed by atoms with E-state index in [1.807, 2.05) is 43.7 Å². The van der Waals surface area contributed by atoms with Crippen LogP contribution in [-0.2, 0) is 18.6 Å². The van der Waals surface area contributed by atoms with Gasteiger partial charge in [0.05, 0.1) is 11.3 Å². The molecule has 1 aromatic carbocycles. The van der Waals surface area contributed by atoms with Crippen molar-refractivity contribution < 1.29 is 5.11 Å². The maximum Gasteiger partial charge on any atom is 0.0923 e. The summed E-state index contributed by atoms with van der Waals surface area (Å²) in [5.74, 6) is 0. The van der Waals surface area contributed by atoms with Crippen molar-refractivity contribution in [3.05, 3.63) is 52.3 Å². The number of aliphatic hydroxyl groups is 1. The lowest BCUT2D eigenvalue weighted by Gasteiger charge is -2.24. The highest BCUT2D eigenvalue weighted by Gasteiger charge is 2.25.